The fourth-order valence-electron chi connectivity index (χ4n) is 3.80. The van der Waals surface area contributed by atoms with Crippen LogP contribution < -0.4 is 10.6 Å². The lowest BCUT2D eigenvalue weighted by atomic mass is 10.2. The molecule has 1 unspecified atom stereocenters. The van der Waals surface area contributed by atoms with E-state index >= 15 is 0 Å². The predicted octanol–water partition coefficient (Wildman–Crippen LogP) is 5.61. The number of ether oxygens (including phenoxy) is 2. The Kier molecular flexibility index (Phi) is 21.4. The SMILES string of the molecule is CNCC/C=C\CSSCCC(=O)N(CCC(=O)OC(C)(C)C)N(CCC(=O)OC(C)(C)C)C(=O)CCSSC1C=CCCN1. The van der Waals surface area contributed by atoms with Crippen LogP contribution in [0.2, 0.25) is 0 Å². The van der Waals surface area contributed by atoms with Gasteiger partial charge in [0.2, 0.25) is 11.8 Å². The Morgan fingerprint density at radius 3 is 1.89 bits per heavy atom. The molecule has 0 aromatic rings. The average Bonchev–Trinajstić information content (AvgIpc) is 2.94. The maximum atomic E-state index is 13.6. The van der Waals surface area contributed by atoms with Crippen LogP contribution in [-0.2, 0) is 28.7 Å². The van der Waals surface area contributed by atoms with Crippen LogP contribution >= 0.6 is 43.2 Å². The summed E-state index contributed by atoms with van der Waals surface area (Å²) in [4.78, 5) is 52.5. The molecule has 0 radical (unpaired) electrons. The summed E-state index contributed by atoms with van der Waals surface area (Å²) in [6.45, 7) is 12.5. The molecule has 258 valence electrons. The molecule has 0 fully saturated rings. The van der Waals surface area contributed by atoms with Gasteiger partial charge in [0.1, 0.15) is 11.2 Å². The van der Waals surface area contributed by atoms with Gasteiger partial charge in [-0.3, -0.25) is 29.2 Å². The standard InChI is InChI=1S/C31H54N4O6S4/c1-30(2,3)40-28(38)14-20-34(26(36)16-23-43-42-22-12-8-10-18-32-7)35(21-15-29(39)41-31(4,5)6)27(37)17-24-44-45-25-13-9-11-19-33-25/h8-9,12-13,25,32-33H,10-11,14-24H2,1-7H3/b12-8-. The van der Waals surface area contributed by atoms with E-state index in [1.165, 1.54) is 10.0 Å². The summed E-state index contributed by atoms with van der Waals surface area (Å²) in [5, 5.41) is 9.37. The van der Waals surface area contributed by atoms with Gasteiger partial charge in [0.15, 0.2) is 0 Å². The molecule has 0 bridgehead atoms. The second-order valence-corrected chi connectivity index (χ2v) is 17.4. The fraction of sp³-hybridized carbons (Fsp3) is 0.742. The van der Waals surface area contributed by atoms with Crippen LogP contribution in [-0.4, -0.2) is 101 Å². The minimum Gasteiger partial charge on any atom is -0.460 e. The minimum absolute atomic E-state index is 0.0293. The average molecular weight is 707 g/mol. The van der Waals surface area contributed by atoms with Crippen LogP contribution in [0, 0.1) is 0 Å². The Morgan fingerprint density at radius 1 is 0.844 bits per heavy atom. The number of nitrogens with one attached hydrogen (secondary N) is 2. The summed E-state index contributed by atoms with van der Waals surface area (Å²) in [7, 11) is 8.40. The zero-order valence-electron chi connectivity index (χ0n) is 28.1. The third kappa shape index (κ3) is 22.0. The fourth-order valence-corrected chi connectivity index (χ4v) is 7.85. The molecular formula is C31H54N4O6S4. The highest BCUT2D eigenvalue weighted by Crippen LogP contribution is 2.28. The third-order valence-corrected chi connectivity index (χ3v) is 10.5. The van der Waals surface area contributed by atoms with Gasteiger partial charge in [-0.1, -0.05) is 67.5 Å². The topological polar surface area (TPSA) is 117 Å². The Bertz CT molecular complexity index is 969. The summed E-state index contributed by atoms with van der Waals surface area (Å²) >= 11 is 0. The van der Waals surface area contributed by atoms with Gasteiger partial charge in [0, 0.05) is 30.1 Å². The van der Waals surface area contributed by atoms with Crippen molar-refractivity contribution in [3.63, 3.8) is 0 Å². The highest BCUT2D eigenvalue weighted by Gasteiger charge is 2.29. The lowest BCUT2D eigenvalue weighted by Crippen LogP contribution is -2.51. The molecule has 1 heterocycles. The van der Waals surface area contributed by atoms with E-state index in [1.54, 1.807) is 84.7 Å². The zero-order chi connectivity index (χ0) is 33.7. The van der Waals surface area contributed by atoms with Crippen molar-refractivity contribution in [2.24, 2.45) is 0 Å². The number of rotatable bonds is 20. The van der Waals surface area contributed by atoms with E-state index in [9.17, 15) is 19.2 Å². The largest absolute Gasteiger partial charge is 0.460 e. The Balaban J connectivity index is 2.97. The van der Waals surface area contributed by atoms with Crippen LogP contribution in [0.1, 0.15) is 80.1 Å². The van der Waals surface area contributed by atoms with Crippen molar-refractivity contribution in [3.05, 3.63) is 24.3 Å². The summed E-state index contributed by atoms with van der Waals surface area (Å²) in [5.41, 5.74) is -1.35. The van der Waals surface area contributed by atoms with E-state index in [4.69, 9.17) is 9.47 Å². The Morgan fingerprint density at radius 2 is 1.40 bits per heavy atom. The highest BCUT2D eigenvalue weighted by atomic mass is 33.1. The maximum Gasteiger partial charge on any atom is 0.308 e. The number of hydrazine groups is 1. The van der Waals surface area contributed by atoms with E-state index in [0.717, 1.165) is 31.7 Å². The van der Waals surface area contributed by atoms with Crippen molar-refractivity contribution >= 4 is 66.9 Å². The lowest BCUT2D eigenvalue weighted by molar-refractivity contribution is -0.170. The molecule has 0 aromatic carbocycles. The summed E-state index contributed by atoms with van der Waals surface area (Å²) < 4.78 is 10.9. The first-order chi connectivity index (χ1) is 21.2. The molecule has 1 aliphatic heterocycles. The molecule has 0 aliphatic carbocycles. The molecule has 0 aromatic heterocycles. The highest BCUT2D eigenvalue weighted by molar-refractivity contribution is 8.77. The zero-order valence-corrected chi connectivity index (χ0v) is 31.3. The molecule has 0 saturated heterocycles. The maximum absolute atomic E-state index is 13.6. The summed E-state index contributed by atoms with van der Waals surface area (Å²) in [5.74, 6) is 0.398. The van der Waals surface area contributed by atoms with Crippen LogP contribution in [0.15, 0.2) is 24.3 Å². The molecule has 1 atom stereocenters. The number of amides is 2. The van der Waals surface area contributed by atoms with Crippen LogP contribution in [0.5, 0.6) is 0 Å². The van der Waals surface area contributed by atoms with Crippen LogP contribution in [0.25, 0.3) is 0 Å². The number of esters is 2. The van der Waals surface area contributed by atoms with Crippen LogP contribution in [0.3, 0.4) is 0 Å². The molecule has 45 heavy (non-hydrogen) atoms. The quantitative estimate of drug-likeness (QED) is 0.0539. The first kappa shape index (κ1) is 41.7. The van der Waals surface area contributed by atoms with Crippen molar-refractivity contribution in [2.45, 2.75) is 96.6 Å². The van der Waals surface area contributed by atoms with Crippen LogP contribution in [0.4, 0.5) is 0 Å². The van der Waals surface area contributed by atoms with Gasteiger partial charge in [0.25, 0.3) is 0 Å². The van der Waals surface area contributed by atoms with E-state index < -0.39 is 23.1 Å². The molecule has 2 N–H and O–H groups in total. The van der Waals surface area contributed by atoms with Gasteiger partial charge in [0.05, 0.1) is 31.3 Å². The molecule has 0 saturated carbocycles. The van der Waals surface area contributed by atoms with E-state index in [-0.39, 0.29) is 56.0 Å². The van der Waals surface area contributed by atoms with Crippen molar-refractivity contribution < 1.29 is 28.7 Å². The van der Waals surface area contributed by atoms with E-state index in [0.29, 0.717) is 11.5 Å². The smallest absolute Gasteiger partial charge is 0.308 e. The normalized spacial score (nSPS) is 15.2. The van der Waals surface area contributed by atoms with Crippen molar-refractivity contribution in [2.75, 3.05) is 50.5 Å². The molecule has 1 rings (SSSR count). The van der Waals surface area contributed by atoms with Gasteiger partial charge in [-0.25, -0.2) is 0 Å². The Hall–Kier alpha value is -1.32. The monoisotopic (exact) mass is 706 g/mol. The molecule has 0 spiro atoms. The molecule has 2 amide bonds. The number of hydrogen-bond donors (Lipinski definition) is 2. The first-order valence-corrected chi connectivity index (χ1v) is 20.4. The first-order valence-electron chi connectivity index (χ1n) is 15.5. The number of carbonyl (C=O) groups excluding carboxylic acids is 4. The van der Waals surface area contributed by atoms with Crippen molar-refractivity contribution in [1.82, 2.24) is 20.7 Å². The molecule has 14 heteroatoms. The second-order valence-electron chi connectivity index (χ2n) is 12.2. The number of nitrogens with zero attached hydrogens (tertiary/aromatic N) is 2. The molecule has 1 aliphatic rings. The number of hydrogen-bond acceptors (Lipinski definition) is 12. The van der Waals surface area contributed by atoms with Gasteiger partial charge in [-0.05, 0) is 74.5 Å². The van der Waals surface area contributed by atoms with Gasteiger partial charge in [-0.2, -0.15) is 0 Å². The van der Waals surface area contributed by atoms with Gasteiger partial charge >= 0.3 is 11.9 Å². The van der Waals surface area contributed by atoms with Crippen molar-refractivity contribution in [3.8, 4) is 0 Å². The van der Waals surface area contributed by atoms with E-state index in [2.05, 4.69) is 34.9 Å². The summed E-state index contributed by atoms with van der Waals surface area (Å²) in [6.07, 6.45) is 10.6. The van der Waals surface area contributed by atoms with Gasteiger partial charge in [-0.15, -0.1) is 0 Å². The van der Waals surface area contributed by atoms with Crippen molar-refractivity contribution in [1.29, 1.82) is 0 Å². The second kappa shape index (κ2) is 23.1. The number of carbonyl (C=O) groups is 4. The molecule has 10 nitrogen and oxygen atoms in total. The third-order valence-electron chi connectivity index (χ3n) is 5.68. The minimum atomic E-state index is -0.676. The van der Waals surface area contributed by atoms with E-state index in [1.807, 2.05) is 7.05 Å². The molecular weight excluding hydrogens is 653 g/mol. The summed E-state index contributed by atoms with van der Waals surface area (Å²) in [6, 6.07) is 0. The van der Waals surface area contributed by atoms with Gasteiger partial charge < -0.3 is 20.1 Å². The Labute approximate surface area is 286 Å². The lowest BCUT2D eigenvalue weighted by Gasteiger charge is -2.35. The predicted molar refractivity (Wildman–Crippen MR) is 192 cm³/mol.